The maximum absolute atomic E-state index is 12.8. The second-order valence-electron chi connectivity index (χ2n) is 5.39. The van der Waals surface area contributed by atoms with Gasteiger partial charge in [-0.05, 0) is 37.3 Å². The molecule has 7 nitrogen and oxygen atoms in total. The van der Waals surface area contributed by atoms with Crippen LogP contribution in [-0.4, -0.2) is 35.2 Å². The Balaban J connectivity index is 1.85. The average molecular weight is 348 g/mol. The lowest BCUT2D eigenvalue weighted by molar-refractivity contribution is -0.385. The standard InChI is InChI=1S/C17H17FN2O5/c1-11-2-3-12(8-16(11)20(23)24)17(22)19-9-14(21)10-25-15-6-4-13(18)5-7-15/h2-8,14,21H,9-10H2,1H3,(H,19,22)/t14-/m1/s1. The molecule has 8 heteroatoms. The fourth-order valence-electron chi connectivity index (χ4n) is 2.04. The van der Waals surface area contributed by atoms with Gasteiger partial charge < -0.3 is 15.2 Å². The lowest BCUT2D eigenvalue weighted by Gasteiger charge is -2.13. The van der Waals surface area contributed by atoms with Crippen LogP contribution in [0.4, 0.5) is 10.1 Å². The van der Waals surface area contributed by atoms with E-state index in [1.165, 1.54) is 42.5 Å². The molecule has 0 aliphatic carbocycles. The van der Waals surface area contributed by atoms with Gasteiger partial charge in [0.2, 0.25) is 0 Å². The van der Waals surface area contributed by atoms with Gasteiger partial charge in [0.15, 0.2) is 0 Å². The van der Waals surface area contributed by atoms with Gasteiger partial charge in [-0.25, -0.2) is 4.39 Å². The predicted molar refractivity (Wildman–Crippen MR) is 88.1 cm³/mol. The number of carbonyl (C=O) groups excluding carboxylic acids is 1. The number of nitro benzene ring substituents is 1. The fraction of sp³-hybridized carbons (Fsp3) is 0.235. The molecule has 0 aliphatic rings. The molecule has 2 aromatic rings. The van der Waals surface area contributed by atoms with Gasteiger partial charge in [-0.15, -0.1) is 0 Å². The molecule has 25 heavy (non-hydrogen) atoms. The molecule has 0 bridgehead atoms. The topological polar surface area (TPSA) is 102 Å². The Hall–Kier alpha value is -3.00. The lowest BCUT2D eigenvalue weighted by Crippen LogP contribution is -2.35. The zero-order chi connectivity index (χ0) is 18.4. The largest absolute Gasteiger partial charge is 0.491 e. The Morgan fingerprint density at radius 2 is 2.00 bits per heavy atom. The molecule has 0 spiro atoms. The molecular formula is C17H17FN2O5. The van der Waals surface area contributed by atoms with Crippen molar-refractivity contribution in [2.45, 2.75) is 13.0 Å². The summed E-state index contributed by atoms with van der Waals surface area (Å²) >= 11 is 0. The summed E-state index contributed by atoms with van der Waals surface area (Å²) in [6, 6.07) is 9.45. The third-order valence-electron chi connectivity index (χ3n) is 3.42. The number of nitrogens with one attached hydrogen (secondary N) is 1. The van der Waals surface area contributed by atoms with E-state index in [0.717, 1.165) is 0 Å². The highest BCUT2D eigenvalue weighted by Crippen LogP contribution is 2.19. The molecule has 0 aliphatic heterocycles. The summed E-state index contributed by atoms with van der Waals surface area (Å²) in [5.41, 5.74) is 0.436. The van der Waals surface area contributed by atoms with E-state index >= 15 is 0 Å². The van der Waals surface area contributed by atoms with Crippen molar-refractivity contribution in [2.75, 3.05) is 13.2 Å². The number of nitro groups is 1. The van der Waals surface area contributed by atoms with Gasteiger partial charge in [-0.3, -0.25) is 14.9 Å². The molecule has 1 atom stereocenters. The predicted octanol–water partition coefficient (Wildman–Crippen LogP) is 2.21. The van der Waals surface area contributed by atoms with Crippen LogP contribution in [0.3, 0.4) is 0 Å². The Labute approximate surface area is 143 Å². The highest BCUT2D eigenvalue weighted by molar-refractivity contribution is 5.95. The first-order valence-corrected chi connectivity index (χ1v) is 7.46. The maximum atomic E-state index is 12.8. The second kappa shape index (κ2) is 8.20. The van der Waals surface area contributed by atoms with Crippen LogP contribution in [0.1, 0.15) is 15.9 Å². The molecule has 0 saturated heterocycles. The molecule has 0 fully saturated rings. The Morgan fingerprint density at radius 3 is 2.64 bits per heavy atom. The molecule has 0 saturated carbocycles. The minimum Gasteiger partial charge on any atom is -0.491 e. The Bertz CT molecular complexity index is 764. The number of rotatable bonds is 7. The van der Waals surface area contributed by atoms with E-state index in [0.29, 0.717) is 11.3 Å². The fourth-order valence-corrected chi connectivity index (χ4v) is 2.04. The summed E-state index contributed by atoms with van der Waals surface area (Å²) in [7, 11) is 0. The van der Waals surface area contributed by atoms with Crippen LogP contribution in [0.15, 0.2) is 42.5 Å². The first-order chi connectivity index (χ1) is 11.9. The summed E-state index contributed by atoms with van der Waals surface area (Å²) in [5, 5.41) is 23.2. The van der Waals surface area contributed by atoms with Crippen LogP contribution < -0.4 is 10.1 Å². The van der Waals surface area contributed by atoms with Crippen LogP contribution in [-0.2, 0) is 0 Å². The number of aliphatic hydroxyl groups is 1. The molecule has 132 valence electrons. The van der Waals surface area contributed by atoms with Crippen molar-refractivity contribution in [3.05, 3.63) is 69.5 Å². The lowest BCUT2D eigenvalue weighted by atomic mass is 10.1. The van der Waals surface area contributed by atoms with Gasteiger partial charge in [0, 0.05) is 23.7 Å². The molecule has 0 heterocycles. The van der Waals surface area contributed by atoms with E-state index < -0.39 is 22.8 Å². The van der Waals surface area contributed by atoms with E-state index in [9.17, 15) is 24.4 Å². The van der Waals surface area contributed by atoms with Gasteiger partial charge >= 0.3 is 0 Å². The number of hydrogen-bond donors (Lipinski definition) is 2. The summed E-state index contributed by atoms with van der Waals surface area (Å²) in [6.45, 7) is 1.39. The molecule has 1 amide bonds. The van der Waals surface area contributed by atoms with Crippen molar-refractivity contribution in [3.8, 4) is 5.75 Å². The van der Waals surface area contributed by atoms with Gasteiger partial charge in [-0.1, -0.05) is 6.07 Å². The Morgan fingerprint density at radius 1 is 1.32 bits per heavy atom. The van der Waals surface area contributed by atoms with E-state index in [-0.39, 0.29) is 24.4 Å². The number of carbonyl (C=O) groups is 1. The number of aliphatic hydroxyl groups excluding tert-OH is 1. The number of hydrogen-bond acceptors (Lipinski definition) is 5. The van der Waals surface area contributed by atoms with Gasteiger partial charge in [0.1, 0.15) is 24.3 Å². The maximum Gasteiger partial charge on any atom is 0.273 e. The SMILES string of the molecule is Cc1ccc(C(=O)NC[C@@H](O)COc2ccc(F)cc2)cc1[N+](=O)[O-]. The van der Waals surface area contributed by atoms with Gasteiger partial charge in [-0.2, -0.15) is 0 Å². The van der Waals surface area contributed by atoms with Crippen LogP contribution in [0.2, 0.25) is 0 Å². The highest BCUT2D eigenvalue weighted by Gasteiger charge is 2.16. The van der Waals surface area contributed by atoms with E-state index in [2.05, 4.69) is 5.32 Å². The van der Waals surface area contributed by atoms with E-state index in [4.69, 9.17) is 4.74 Å². The van der Waals surface area contributed by atoms with Crippen LogP contribution in [0, 0.1) is 22.9 Å². The monoisotopic (exact) mass is 348 g/mol. The van der Waals surface area contributed by atoms with Crippen molar-refractivity contribution in [1.82, 2.24) is 5.32 Å². The number of ether oxygens (including phenoxy) is 1. The number of aryl methyl sites for hydroxylation is 1. The summed E-state index contributed by atoms with van der Waals surface area (Å²) < 4.78 is 18.0. The first kappa shape index (κ1) is 18.3. The molecule has 0 unspecified atom stereocenters. The minimum absolute atomic E-state index is 0.0955. The molecular weight excluding hydrogens is 331 g/mol. The van der Waals surface area contributed by atoms with Crippen molar-refractivity contribution < 1.29 is 24.0 Å². The Kier molecular flexibility index (Phi) is 6.02. The number of halogens is 1. The van der Waals surface area contributed by atoms with E-state index in [1.54, 1.807) is 6.92 Å². The highest BCUT2D eigenvalue weighted by atomic mass is 19.1. The zero-order valence-corrected chi connectivity index (χ0v) is 13.4. The number of amides is 1. The molecule has 2 aromatic carbocycles. The van der Waals surface area contributed by atoms with Gasteiger partial charge in [0.25, 0.3) is 11.6 Å². The molecule has 0 aromatic heterocycles. The van der Waals surface area contributed by atoms with Crippen LogP contribution in [0.25, 0.3) is 0 Å². The normalized spacial score (nSPS) is 11.6. The zero-order valence-electron chi connectivity index (χ0n) is 13.4. The summed E-state index contributed by atoms with van der Waals surface area (Å²) in [6.07, 6.45) is -0.991. The number of benzene rings is 2. The summed E-state index contributed by atoms with van der Waals surface area (Å²) in [4.78, 5) is 22.4. The average Bonchev–Trinajstić information content (AvgIpc) is 2.59. The van der Waals surface area contributed by atoms with Crippen molar-refractivity contribution in [2.24, 2.45) is 0 Å². The summed E-state index contributed by atoms with van der Waals surface area (Å²) in [5.74, 6) is -0.544. The second-order valence-corrected chi connectivity index (χ2v) is 5.39. The van der Waals surface area contributed by atoms with Crippen LogP contribution >= 0.6 is 0 Å². The first-order valence-electron chi connectivity index (χ1n) is 7.46. The van der Waals surface area contributed by atoms with Crippen molar-refractivity contribution in [3.63, 3.8) is 0 Å². The molecule has 2 rings (SSSR count). The van der Waals surface area contributed by atoms with Crippen molar-refractivity contribution in [1.29, 1.82) is 0 Å². The minimum atomic E-state index is -0.991. The molecule has 0 radical (unpaired) electrons. The van der Waals surface area contributed by atoms with E-state index in [1.807, 2.05) is 0 Å². The van der Waals surface area contributed by atoms with Gasteiger partial charge in [0.05, 0.1) is 4.92 Å². The van der Waals surface area contributed by atoms with Crippen LogP contribution in [0.5, 0.6) is 5.75 Å². The quantitative estimate of drug-likeness (QED) is 0.590. The molecule has 2 N–H and O–H groups in total. The van der Waals surface area contributed by atoms with Crippen molar-refractivity contribution >= 4 is 11.6 Å². The third kappa shape index (κ3) is 5.25. The smallest absolute Gasteiger partial charge is 0.273 e. The number of nitrogens with zero attached hydrogens (tertiary/aromatic N) is 1. The third-order valence-corrected chi connectivity index (χ3v) is 3.42.